The Morgan fingerprint density at radius 2 is 1.80 bits per heavy atom. The summed E-state index contributed by atoms with van der Waals surface area (Å²) in [5, 5.41) is 5.97. The molecule has 5 rings (SSSR count). The average molecular weight is 414 g/mol. The molecule has 3 aromatic heterocycles. The Morgan fingerprint density at radius 3 is 2.63 bits per heavy atom. The monoisotopic (exact) mass is 413 g/mol. The number of Topliss-reactive ketones (excluding diaryl/α,β-unsaturated/α-hetero) is 1. The average Bonchev–Trinajstić information content (AvgIpc) is 3.34. The van der Waals surface area contributed by atoms with E-state index in [1.165, 1.54) is 11.8 Å². The van der Waals surface area contributed by atoms with E-state index in [1.54, 1.807) is 4.52 Å². The van der Waals surface area contributed by atoms with Crippen molar-refractivity contribution < 1.29 is 4.79 Å². The molecule has 0 spiro atoms. The SMILES string of the molecule is Cc1cc(C)n2nc(SCC(=O)c3c(-c4ccccc4)[nH]c4ccccc34)nc2n1. The van der Waals surface area contributed by atoms with Crippen molar-refractivity contribution in [2.24, 2.45) is 0 Å². The Morgan fingerprint density at radius 1 is 1.03 bits per heavy atom. The Kier molecular flexibility index (Phi) is 4.59. The zero-order valence-corrected chi connectivity index (χ0v) is 17.4. The van der Waals surface area contributed by atoms with Crippen LogP contribution in [-0.4, -0.2) is 36.1 Å². The van der Waals surface area contributed by atoms with Crippen molar-refractivity contribution in [3.05, 3.63) is 77.6 Å². The van der Waals surface area contributed by atoms with Crippen molar-refractivity contribution in [2.45, 2.75) is 19.0 Å². The van der Waals surface area contributed by atoms with Gasteiger partial charge in [-0.1, -0.05) is 60.3 Å². The van der Waals surface area contributed by atoms with Crippen LogP contribution in [0.1, 0.15) is 21.7 Å². The summed E-state index contributed by atoms with van der Waals surface area (Å²) >= 11 is 1.33. The van der Waals surface area contributed by atoms with Gasteiger partial charge in [-0.2, -0.15) is 4.98 Å². The van der Waals surface area contributed by atoms with Crippen LogP contribution >= 0.6 is 11.8 Å². The highest BCUT2D eigenvalue weighted by Gasteiger charge is 2.20. The summed E-state index contributed by atoms with van der Waals surface area (Å²) in [7, 11) is 0. The number of fused-ring (bicyclic) bond motifs is 2. The molecule has 0 saturated carbocycles. The molecular formula is C23H19N5OS. The fourth-order valence-corrected chi connectivity index (χ4v) is 4.35. The van der Waals surface area contributed by atoms with E-state index >= 15 is 0 Å². The summed E-state index contributed by atoms with van der Waals surface area (Å²) in [5.41, 5.74) is 5.35. The molecule has 0 saturated heterocycles. The number of thioether (sulfide) groups is 1. The van der Waals surface area contributed by atoms with Gasteiger partial charge in [0.05, 0.1) is 17.0 Å². The third-order valence-corrected chi connectivity index (χ3v) is 5.82. The van der Waals surface area contributed by atoms with Crippen LogP contribution in [0.15, 0.2) is 65.8 Å². The fourth-order valence-electron chi connectivity index (χ4n) is 3.66. The standard InChI is InChI=1S/C23H19N5OS/c1-14-12-15(2)28-22(24-14)26-23(27-28)30-13-19(29)20-17-10-6-7-11-18(17)25-21(20)16-8-4-3-5-9-16/h3-12,25H,13H2,1-2H3. The number of benzene rings is 2. The normalized spacial score (nSPS) is 11.4. The third-order valence-electron chi connectivity index (χ3n) is 4.98. The Hall–Kier alpha value is -3.45. The second-order valence-corrected chi connectivity index (χ2v) is 8.09. The lowest BCUT2D eigenvalue weighted by molar-refractivity contribution is 0.102. The number of carbonyl (C=O) groups is 1. The van der Waals surface area contributed by atoms with Crippen molar-refractivity contribution in [1.29, 1.82) is 0 Å². The predicted molar refractivity (Wildman–Crippen MR) is 119 cm³/mol. The largest absolute Gasteiger partial charge is 0.354 e. The van der Waals surface area contributed by atoms with E-state index in [4.69, 9.17) is 0 Å². The number of hydrogen-bond donors (Lipinski definition) is 1. The highest BCUT2D eigenvalue weighted by molar-refractivity contribution is 7.99. The molecule has 0 atom stereocenters. The third kappa shape index (κ3) is 3.27. The number of H-pyrrole nitrogens is 1. The van der Waals surface area contributed by atoms with Crippen molar-refractivity contribution in [1.82, 2.24) is 24.6 Å². The van der Waals surface area contributed by atoms with E-state index in [0.29, 0.717) is 16.5 Å². The maximum atomic E-state index is 13.3. The van der Waals surface area contributed by atoms with Crippen LogP contribution in [0.3, 0.4) is 0 Å². The minimum Gasteiger partial charge on any atom is -0.354 e. The number of para-hydroxylation sites is 1. The van der Waals surface area contributed by atoms with Gasteiger partial charge < -0.3 is 4.98 Å². The summed E-state index contributed by atoms with van der Waals surface area (Å²) in [4.78, 5) is 25.6. The van der Waals surface area contributed by atoms with Gasteiger partial charge in [0.2, 0.25) is 5.16 Å². The zero-order valence-electron chi connectivity index (χ0n) is 16.6. The van der Waals surface area contributed by atoms with E-state index in [1.807, 2.05) is 74.5 Å². The number of rotatable bonds is 5. The summed E-state index contributed by atoms with van der Waals surface area (Å²) in [6.45, 7) is 3.90. The Labute approximate surface area is 177 Å². The summed E-state index contributed by atoms with van der Waals surface area (Å²) < 4.78 is 1.71. The van der Waals surface area contributed by atoms with Gasteiger partial charge in [-0.05, 0) is 31.5 Å². The van der Waals surface area contributed by atoms with Crippen molar-refractivity contribution in [3.63, 3.8) is 0 Å². The first-order chi connectivity index (χ1) is 14.6. The maximum absolute atomic E-state index is 13.3. The van der Waals surface area contributed by atoms with Crippen LogP contribution in [0.2, 0.25) is 0 Å². The molecule has 0 aliphatic heterocycles. The first-order valence-corrected chi connectivity index (χ1v) is 10.6. The molecule has 0 aliphatic carbocycles. The highest BCUT2D eigenvalue weighted by Crippen LogP contribution is 2.31. The van der Waals surface area contributed by atoms with Gasteiger partial charge >= 0.3 is 0 Å². The molecule has 0 fully saturated rings. The zero-order chi connectivity index (χ0) is 20.7. The topological polar surface area (TPSA) is 75.9 Å². The number of aromatic nitrogens is 5. The van der Waals surface area contributed by atoms with Crippen LogP contribution in [0, 0.1) is 13.8 Å². The molecule has 30 heavy (non-hydrogen) atoms. The highest BCUT2D eigenvalue weighted by atomic mass is 32.2. The van der Waals surface area contributed by atoms with Crippen LogP contribution in [-0.2, 0) is 0 Å². The number of nitrogens with zero attached hydrogens (tertiary/aromatic N) is 4. The summed E-state index contributed by atoms with van der Waals surface area (Å²) in [6, 6.07) is 19.8. The number of aryl methyl sites for hydroxylation is 2. The van der Waals surface area contributed by atoms with E-state index in [2.05, 4.69) is 20.1 Å². The van der Waals surface area contributed by atoms with Crippen molar-refractivity contribution >= 4 is 34.2 Å². The molecule has 0 unspecified atom stereocenters. The van der Waals surface area contributed by atoms with Crippen molar-refractivity contribution in [2.75, 3.05) is 5.75 Å². The summed E-state index contributed by atoms with van der Waals surface area (Å²) in [5.74, 6) is 0.840. The van der Waals surface area contributed by atoms with Gasteiger partial charge in [0.15, 0.2) is 5.78 Å². The molecule has 7 heteroatoms. The number of hydrogen-bond acceptors (Lipinski definition) is 5. The fraction of sp³-hybridized carbons (Fsp3) is 0.130. The van der Waals surface area contributed by atoms with E-state index in [9.17, 15) is 4.79 Å². The number of nitrogens with one attached hydrogen (secondary N) is 1. The van der Waals surface area contributed by atoms with Crippen LogP contribution < -0.4 is 0 Å². The molecule has 2 aromatic carbocycles. The minimum atomic E-state index is 0.0380. The van der Waals surface area contributed by atoms with Gasteiger partial charge in [-0.3, -0.25) is 4.79 Å². The lowest BCUT2D eigenvalue weighted by atomic mass is 10.0. The van der Waals surface area contributed by atoms with E-state index < -0.39 is 0 Å². The van der Waals surface area contributed by atoms with Gasteiger partial charge in [0.25, 0.3) is 5.78 Å². The minimum absolute atomic E-state index is 0.0380. The van der Waals surface area contributed by atoms with Gasteiger partial charge in [0.1, 0.15) is 0 Å². The first kappa shape index (κ1) is 18.6. The lowest BCUT2D eigenvalue weighted by Gasteiger charge is -2.04. The van der Waals surface area contributed by atoms with Crippen LogP contribution in [0.5, 0.6) is 0 Å². The maximum Gasteiger partial charge on any atom is 0.253 e. The molecular weight excluding hydrogens is 394 g/mol. The van der Waals surface area contributed by atoms with Gasteiger partial charge in [0, 0.05) is 22.3 Å². The number of ketones is 1. The molecule has 6 nitrogen and oxygen atoms in total. The molecule has 1 N–H and O–H groups in total. The smallest absolute Gasteiger partial charge is 0.253 e. The quantitative estimate of drug-likeness (QED) is 0.329. The lowest BCUT2D eigenvalue weighted by Crippen LogP contribution is -2.04. The Balaban J connectivity index is 1.49. The van der Waals surface area contributed by atoms with Crippen LogP contribution in [0.25, 0.3) is 27.9 Å². The van der Waals surface area contributed by atoms with Crippen molar-refractivity contribution in [3.8, 4) is 11.3 Å². The molecule has 0 aliphatic rings. The summed E-state index contributed by atoms with van der Waals surface area (Å²) in [6.07, 6.45) is 0. The molecule has 0 radical (unpaired) electrons. The Bertz CT molecular complexity index is 1390. The molecule has 0 bridgehead atoms. The molecule has 148 valence electrons. The second kappa shape index (κ2) is 7.42. The second-order valence-electron chi connectivity index (χ2n) is 7.14. The molecule has 3 heterocycles. The predicted octanol–water partition coefficient (Wildman–Crippen LogP) is 4.86. The molecule has 0 amide bonds. The van der Waals surface area contributed by atoms with Crippen LogP contribution in [0.4, 0.5) is 0 Å². The van der Waals surface area contributed by atoms with Gasteiger partial charge in [-0.15, -0.1) is 5.10 Å². The number of aromatic amines is 1. The van der Waals surface area contributed by atoms with Gasteiger partial charge in [-0.25, -0.2) is 9.50 Å². The van der Waals surface area contributed by atoms with E-state index in [0.717, 1.165) is 33.5 Å². The number of carbonyl (C=O) groups excluding carboxylic acids is 1. The molecule has 5 aromatic rings. The first-order valence-electron chi connectivity index (χ1n) is 9.63. The van der Waals surface area contributed by atoms with E-state index in [-0.39, 0.29) is 11.5 Å².